The summed E-state index contributed by atoms with van der Waals surface area (Å²) in [6, 6.07) is 6.47. The Bertz CT molecular complexity index is 929. The Balaban J connectivity index is 1.84. The molecule has 0 aliphatic carbocycles. The molecule has 8 nitrogen and oxygen atoms in total. The van der Waals surface area contributed by atoms with Crippen LogP contribution in [-0.2, 0) is 25.9 Å². The highest BCUT2D eigenvalue weighted by Gasteiger charge is 2.34. The van der Waals surface area contributed by atoms with E-state index in [9.17, 15) is 18.0 Å². The Morgan fingerprint density at radius 2 is 2.16 bits per heavy atom. The summed E-state index contributed by atoms with van der Waals surface area (Å²) in [5.74, 6) is -0.917. The second-order valence-corrected chi connectivity index (χ2v) is 8.29. The predicted octanol–water partition coefficient (Wildman–Crippen LogP) is 0.257. The number of nitrogens with zero attached hydrogens (tertiary/aromatic N) is 2. The molecule has 0 N–H and O–H groups in total. The highest BCUT2D eigenvalue weighted by molar-refractivity contribution is 7.91. The van der Waals surface area contributed by atoms with Crippen LogP contribution in [0.2, 0.25) is 0 Å². The third kappa shape index (κ3) is 3.77. The number of amides is 1. The number of aromatic nitrogens is 1. The first-order valence-corrected chi connectivity index (χ1v) is 9.80. The summed E-state index contributed by atoms with van der Waals surface area (Å²) in [6.07, 6.45) is 0.402. The summed E-state index contributed by atoms with van der Waals surface area (Å²) in [6.45, 7) is 0.374. The van der Waals surface area contributed by atoms with E-state index in [1.165, 1.54) is 16.6 Å². The monoisotopic (exact) mass is 368 g/mol. The van der Waals surface area contributed by atoms with Gasteiger partial charge in [-0.25, -0.2) is 13.2 Å². The Hall–Kier alpha value is -2.13. The number of para-hydroxylation sites is 2. The molecule has 1 aliphatic rings. The number of benzene rings is 1. The molecular weight excluding hydrogens is 348 g/mol. The summed E-state index contributed by atoms with van der Waals surface area (Å²) in [7, 11) is -1.61. The normalized spacial score (nSPS) is 19.3. The van der Waals surface area contributed by atoms with Crippen LogP contribution in [0.1, 0.15) is 6.42 Å². The fourth-order valence-electron chi connectivity index (χ4n) is 3.11. The molecule has 1 aromatic heterocycles. The van der Waals surface area contributed by atoms with E-state index in [2.05, 4.69) is 0 Å². The maximum atomic E-state index is 12.8. The van der Waals surface area contributed by atoms with Gasteiger partial charge >= 0.3 is 5.76 Å². The Labute approximate surface area is 144 Å². The number of sulfone groups is 1. The highest BCUT2D eigenvalue weighted by Crippen LogP contribution is 2.19. The summed E-state index contributed by atoms with van der Waals surface area (Å²) in [4.78, 5) is 26.3. The van der Waals surface area contributed by atoms with E-state index in [1.54, 1.807) is 24.3 Å². The topological polar surface area (TPSA) is 98.8 Å². The minimum Gasteiger partial charge on any atom is -0.408 e. The minimum atomic E-state index is -3.13. The predicted molar refractivity (Wildman–Crippen MR) is 91.1 cm³/mol. The lowest BCUT2D eigenvalue weighted by molar-refractivity contribution is -0.134. The van der Waals surface area contributed by atoms with Gasteiger partial charge in [0, 0.05) is 19.7 Å². The van der Waals surface area contributed by atoms with Crippen LogP contribution in [0.25, 0.3) is 11.1 Å². The average Bonchev–Trinajstić information content (AvgIpc) is 3.08. The molecule has 136 valence electrons. The molecule has 1 amide bonds. The lowest BCUT2D eigenvalue weighted by Gasteiger charge is -2.28. The van der Waals surface area contributed by atoms with Crippen LogP contribution in [-0.4, -0.2) is 61.6 Å². The van der Waals surface area contributed by atoms with Gasteiger partial charge < -0.3 is 14.1 Å². The zero-order chi connectivity index (χ0) is 18.0. The molecular formula is C16H20N2O6S. The molecule has 0 unspecified atom stereocenters. The number of hydrogen-bond acceptors (Lipinski definition) is 6. The fraction of sp³-hybridized carbons (Fsp3) is 0.500. The second kappa shape index (κ2) is 7.01. The summed E-state index contributed by atoms with van der Waals surface area (Å²) >= 11 is 0. The van der Waals surface area contributed by atoms with Gasteiger partial charge in [0.2, 0.25) is 5.91 Å². The molecule has 0 bridgehead atoms. The van der Waals surface area contributed by atoms with Crippen molar-refractivity contribution in [2.75, 3.05) is 31.8 Å². The van der Waals surface area contributed by atoms with Crippen LogP contribution in [0, 0.1) is 0 Å². The molecule has 2 heterocycles. The maximum absolute atomic E-state index is 12.8. The summed E-state index contributed by atoms with van der Waals surface area (Å²) in [5, 5.41) is 0. The molecule has 25 heavy (non-hydrogen) atoms. The number of methoxy groups -OCH3 is 1. The van der Waals surface area contributed by atoms with Gasteiger partial charge in [0.05, 0.1) is 23.6 Å². The lowest BCUT2D eigenvalue weighted by Crippen LogP contribution is -2.45. The van der Waals surface area contributed by atoms with Crippen LogP contribution < -0.4 is 5.76 Å². The summed E-state index contributed by atoms with van der Waals surface area (Å²) < 4.78 is 34.9. The Kier molecular flexibility index (Phi) is 4.96. The van der Waals surface area contributed by atoms with E-state index in [4.69, 9.17) is 9.15 Å². The molecule has 0 saturated carbocycles. The fourth-order valence-corrected chi connectivity index (χ4v) is 4.84. The van der Waals surface area contributed by atoms with Gasteiger partial charge in [0.25, 0.3) is 0 Å². The number of oxazole rings is 1. The molecule has 1 saturated heterocycles. The lowest BCUT2D eigenvalue weighted by atomic mass is 10.2. The van der Waals surface area contributed by atoms with Gasteiger partial charge in [-0.3, -0.25) is 9.36 Å². The van der Waals surface area contributed by atoms with Crippen molar-refractivity contribution < 1.29 is 22.4 Å². The van der Waals surface area contributed by atoms with Crippen molar-refractivity contribution in [2.45, 2.75) is 19.0 Å². The van der Waals surface area contributed by atoms with Crippen molar-refractivity contribution in [1.29, 1.82) is 0 Å². The van der Waals surface area contributed by atoms with Gasteiger partial charge in [-0.1, -0.05) is 12.1 Å². The quantitative estimate of drug-likeness (QED) is 0.725. The number of ether oxygens (including phenoxy) is 1. The SMILES string of the molecule is COCCN(C(=O)Cn1c(=O)oc2ccccc21)[C@@H]1CCS(=O)(=O)C1. The molecule has 2 aromatic rings. The van der Waals surface area contributed by atoms with Crippen molar-refractivity contribution in [3.8, 4) is 0 Å². The standard InChI is InChI=1S/C16H20N2O6S/c1-23-8-7-17(12-6-9-25(21,22)11-12)15(19)10-18-13-4-2-3-5-14(13)24-16(18)20/h2-5,12H,6-11H2,1H3/t12-/m1/s1. The van der Waals surface area contributed by atoms with Gasteiger partial charge in [-0.15, -0.1) is 0 Å². The first-order valence-electron chi connectivity index (χ1n) is 7.98. The Morgan fingerprint density at radius 1 is 1.40 bits per heavy atom. The number of fused-ring (bicyclic) bond motifs is 1. The van der Waals surface area contributed by atoms with E-state index in [0.717, 1.165) is 0 Å². The first-order chi connectivity index (χ1) is 11.9. The van der Waals surface area contributed by atoms with Crippen molar-refractivity contribution >= 4 is 26.8 Å². The van der Waals surface area contributed by atoms with Crippen molar-refractivity contribution in [2.24, 2.45) is 0 Å². The van der Waals surface area contributed by atoms with Crippen LogP contribution in [0.15, 0.2) is 33.5 Å². The molecule has 1 aliphatic heterocycles. The van der Waals surface area contributed by atoms with Crippen molar-refractivity contribution in [1.82, 2.24) is 9.47 Å². The van der Waals surface area contributed by atoms with E-state index in [-0.39, 0.29) is 36.5 Å². The summed E-state index contributed by atoms with van der Waals surface area (Å²) in [5.41, 5.74) is 0.943. The van der Waals surface area contributed by atoms with E-state index >= 15 is 0 Å². The van der Waals surface area contributed by atoms with Crippen LogP contribution >= 0.6 is 0 Å². The maximum Gasteiger partial charge on any atom is 0.420 e. The first kappa shape index (κ1) is 17.7. The van der Waals surface area contributed by atoms with E-state index in [1.807, 2.05) is 0 Å². The average molecular weight is 368 g/mol. The van der Waals surface area contributed by atoms with Crippen LogP contribution in [0.5, 0.6) is 0 Å². The molecule has 1 aromatic carbocycles. The van der Waals surface area contributed by atoms with Gasteiger partial charge in [-0.2, -0.15) is 0 Å². The third-order valence-corrected chi connectivity index (χ3v) is 6.12. The highest BCUT2D eigenvalue weighted by atomic mass is 32.2. The van der Waals surface area contributed by atoms with Crippen LogP contribution in [0.4, 0.5) is 0 Å². The minimum absolute atomic E-state index is 0.0521. The third-order valence-electron chi connectivity index (χ3n) is 4.37. The van der Waals surface area contributed by atoms with E-state index in [0.29, 0.717) is 24.1 Å². The molecule has 0 spiro atoms. The number of rotatable bonds is 6. The largest absolute Gasteiger partial charge is 0.420 e. The van der Waals surface area contributed by atoms with Crippen molar-refractivity contribution in [3.05, 3.63) is 34.8 Å². The van der Waals surface area contributed by atoms with Gasteiger partial charge in [-0.05, 0) is 18.6 Å². The zero-order valence-corrected chi connectivity index (χ0v) is 14.7. The zero-order valence-electron chi connectivity index (χ0n) is 13.9. The molecule has 1 fully saturated rings. The molecule has 1 atom stereocenters. The molecule has 0 radical (unpaired) electrons. The molecule has 3 rings (SSSR count). The van der Waals surface area contributed by atoms with Gasteiger partial charge in [0.1, 0.15) is 6.54 Å². The smallest absolute Gasteiger partial charge is 0.408 e. The van der Waals surface area contributed by atoms with Crippen LogP contribution in [0.3, 0.4) is 0 Å². The van der Waals surface area contributed by atoms with Gasteiger partial charge in [0.15, 0.2) is 15.4 Å². The van der Waals surface area contributed by atoms with E-state index < -0.39 is 15.6 Å². The number of carbonyl (C=O) groups excluding carboxylic acids is 1. The number of carbonyl (C=O) groups is 1. The molecule has 9 heteroatoms. The Morgan fingerprint density at radius 3 is 2.84 bits per heavy atom. The number of hydrogen-bond donors (Lipinski definition) is 0. The second-order valence-electron chi connectivity index (χ2n) is 6.06. The van der Waals surface area contributed by atoms with Crippen molar-refractivity contribution in [3.63, 3.8) is 0 Å².